The second kappa shape index (κ2) is 3.77. The van der Waals surface area contributed by atoms with E-state index in [2.05, 4.69) is 18.1 Å². The van der Waals surface area contributed by atoms with Crippen LogP contribution in [0.25, 0.3) is 11.1 Å². The predicted octanol–water partition coefficient (Wildman–Crippen LogP) is 2.23. The van der Waals surface area contributed by atoms with E-state index in [0.29, 0.717) is 0 Å². The molecule has 0 aliphatic carbocycles. The molecule has 3 nitrogen and oxygen atoms in total. The number of benzene rings is 1. The third-order valence-corrected chi connectivity index (χ3v) is 2.46. The zero-order valence-corrected chi connectivity index (χ0v) is 9.07. The maximum Gasteiger partial charge on any atom is 0.0568 e. The SMILES string of the molecule is CCc1cc(N)cc(-c2cnn(C)c2)c1. The highest BCUT2D eigenvalue weighted by Crippen LogP contribution is 2.23. The fourth-order valence-corrected chi connectivity index (χ4v) is 1.66. The Kier molecular flexibility index (Phi) is 2.46. The van der Waals surface area contributed by atoms with Gasteiger partial charge < -0.3 is 5.73 Å². The summed E-state index contributed by atoms with van der Waals surface area (Å²) in [7, 11) is 1.91. The molecule has 1 aromatic carbocycles. The lowest BCUT2D eigenvalue weighted by atomic mass is 10.0. The van der Waals surface area contributed by atoms with E-state index in [1.165, 1.54) is 5.56 Å². The fraction of sp³-hybridized carbons (Fsp3) is 0.250. The Labute approximate surface area is 89.5 Å². The van der Waals surface area contributed by atoms with Gasteiger partial charge in [0, 0.05) is 24.5 Å². The van der Waals surface area contributed by atoms with Crippen LogP contribution in [0.3, 0.4) is 0 Å². The fourth-order valence-electron chi connectivity index (χ4n) is 1.66. The van der Waals surface area contributed by atoms with E-state index in [4.69, 9.17) is 5.73 Å². The van der Waals surface area contributed by atoms with Gasteiger partial charge in [-0.05, 0) is 29.7 Å². The maximum atomic E-state index is 5.85. The molecule has 0 atom stereocenters. The Morgan fingerprint density at radius 1 is 1.27 bits per heavy atom. The second-order valence-corrected chi connectivity index (χ2v) is 3.72. The van der Waals surface area contributed by atoms with Gasteiger partial charge in [0.05, 0.1) is 6.20 Å². The molecule has 0 spiro atoms. The van der Waals surface area contributed by atoms with Crippen LogP contribution in [0.1, 0.15) is 12.5 Å². The van der Waals surface area contributed by atoms with Crippen molar-refractivity contribution in [1.82, 2.24) is 9.78 Å². The van der Waals surface area contributed by atoms with E-state index >= 15 is 0 Å². The zero-order valence-electron chi connectivity index (χ0n) is 9.07. The molecule has 0 bridgehead atoms. The molecule has 15 heavy (non-hydrogen) atoms. The van der Waals surface area contributed by atoms with Gasteiger partial charge in [-0.15, -0.1) is 0 Å². The third-order valence-electron chi connectivity index (χ3n) is 2.46. The van der Waals surface area contributed by atoms with Crippen LogP contribution in [-0.4, -0.2) is 9.78 Å². The number of aromatic nitrogens is 2. The standard InChI is InChI=1S/C12H15N3/c1-3-9-4-10(6-12(13)5-9)11-7-14-15(2)8-11/h4-8H,3,13H2,1-2H3. The summed E-state index contributed by atoms with van der Waals surface area (Å²) in [5.41, 5.74) is 10.2. The summed E-state index contributed by atoms with van der Waals surface area (Å²) < 4.78 is 1.80. The van der Waals surface area contributed by atoms with Gasteiger partial charge in [-0.1, -0.05) is 13.0 Å². The molecular formula is C12H15N3. The molecule has 1 heterocycles. The molecule has 0 unspecified atom stereocenters. The molecule has 3 heteroatoms. The summed E-state index contributed by atoms with van der Waals surface area (Å²) in [4.78, 5) is 0. The molecular weight excluding hydrogens is 186 g/mol. The van der Waals surface area contributed by atoms with E-state index < -0.39 is 0 Å². The van der Waals surface area contributed by atoms with Crippen LogP contribution in [0.2, 0.25) is 0 Å². The number of nitrogens with two attached hydrogens (primary N) is 1. The molecule has 0 saturated heterocycles. The highest BCUT2D eigenvalue weighted by Gasteiger charge is 2.02. The van der Waals surface area contributed by atoms with Crippen LogP contribution in [0.5, 0.6) is 0 Å². The number of nitrogen functional groups attached to an aromatic ring is 1. The summed E-state index contributed by atoms with van der Waals surface area (Å²) in [5, 5.41) is 4.15. The van der Waals surface area contributed by atoms with Gasteiger partial charge in [0.1, 0.15) is 0 Å². The van der Waals surface area contributed by atoms with Gasteiger partial charge in [-0.2, -0.15) is 5.10 Å². The summed E-state index contributed by atoms with van der Waals surface area (Å²) >= 11 is 0. The molecule has 1 aromatic heterocycles. The Bertz CT molecular complexity index is 471. The molecule has 0 radical (unpaired) electrons. The number of aryl methyl sites for hydroxylation is 2. The van der Waals surface area contributed by atoms with Crippen molar-refractivity contribution in [3.63, 3.8) is 0 Å². The van der Waals surface area contributed by atoms with Crippen LogP contribution in [0.4, 0.5) is 5.69 Å². The Hall–Kier alpha value is -1.77. The van der Waals surface area contributed by atoms with E-state index in [1.54, 1.807) is 4.68 Å². The smallest absolute Gasteiger partial charge is 0.0568 e. The number of anilines is 1. The highest BCUT2D eigenvalue weighted by molar-refractivity contribution is 5.67. The van der Waals surface area contributed by atoms with Crippen molar-refractivity contribution in [3.8, 4) is 11.1 Å². The Morgan fingerprint density at radius 3 is 2.67 bits per heavy atom. The molecule has 2 aromatic rings. The molecule has 0 saturated carbocycles. The summed E-state index contributed by atoms with van der Waals surface area (Å²) in [5.74, 6) is 0. The first kappa shape index (κ1) is 9.77. The normalized spacial score (nSPS) is 10.5. The van der Waals surface area contributed by atoms with Crippen molar-refractivity contribution in [2.45, 2.75) is 13.3 Å². The summed E-state index contributed by atoms with van der Waals surface area (Å²) in [6.45, 7) is 2.13. The summed E-state index contributed by atoms with van der Waals surface area (Å²) in [6.07, 6.45) is 4.85. The molecule has 0 aliphatic heterocycles. The lowest BCUT2D eigenvalue weighted by molar-refractivity contribution is 0.768. The van der Waals surface area contributed by atoms with Crippen molar-refractivity contribution in [1.29, 1.82) is 0 Å². The first-order valence-electron chi connectivity index (χ1n) is 5.07. The van der Waals surface area contributed by atoms with Crippen molar-refractivity contribution in [2.75, 3.05) is 5.73 Å². The quantitative estimate of drug-likeness (QED) is 0.757. The van der Waals surface area contributed by atoms with Crippen molar-refractivity contribution in [3.05, 3.63) is 36.2 Å². The molecule has 78 valence electrons. The van der Waals surface area contributed by atoms with Crippen LogP contribution >= 0.6 is 0 Å². The minimum absolute atomic E-state index is 0.813. The number of nitrogens with zero attached hydrogens (tertiary/aromatic N) is 2. The number of hydrogen-bond donors (Lipinski definition) is 1. The van der Waals surface area contributed by atoms with E-state index in [0.717, 1.165) is 23.2 Å². The second-order valence-electron chi connectivity index (χ2n) is 3.72. The summed E-state index contributed by atoms with van der Waals surface area (Å²) in [6, 6.07) is 6.16. The molecule has 2 N–H and O–H groups in total. The van der Waals surface area contributed by atoms with Crippen molar-refractivity contribution in [2.24, 2.45) is 7.05 Å². The van der Waals surface area contributed by atoms with Gasteiger partial charge in [0.2, 0.25) is 0 Å². The predicted molar refractivity (Wildman–Crippen MR) is 62.4 cm³/mol. The van der Waals surface area contributed by atoms with E-state index in [9.17, 15) is 0 Å². The van der Waals surface area contributed by atoms with Crippen molar-refractivity contribution < 1.29 is 0 Å². The number of rotatable bonds is 2. The van der Waals surface area contributed by atoms with Crippen molar-refractivity contribution >= 4 is 5.69 Å². The lowest BCUT2D eigenvalue weighted by Crippen LogP contribution is -1.89. The Balaban J connectivity index is 2.48. The molecule has 0 amide bonds. The van der Waals surface area contributed by atoms with Gasteiger partial charge in [-0.3, -0.25) is 4.68 Å². The van der Waals surface area contributed by atoms with Gasteiger partial charge in [0.15, 0.2) is 0 Å². The topological polar surface area (TPSA) is 43.8 Å². The minimum Gasteiger partial charge on any atom is -0.399 e. The van der Waals surface area contributed by atoms with Crippen LogP contribution in [0, 0.1) is 0 Å². The maximum absolute atomic E-state index is 5.85. The van der Waals surface area contributed by atoms with Crippen LogP contribution in [0.15, 0.2) is 30.6 Å². The number of hydrogen-bond acceptors (Lipinski definition) is 2. The lowest BCUT2D eigenvalue weighted by Gasteiger charge is -2.03. The highest BCUT2D eigenvalue weighted by atomic mass is 15.2. The van der Waals surface area contributed by atoms with Crippen LogP contribution < -0.4 is 5.73 Å². The first-order chi connectivity index (χ1) is 7.19. The van der Waals surface area contributed by atoms with Gasteiger partial charge in [-0.25, -0.2) is 0 Å². The van der Waals surface area contributed by atoms with E-state index in [1.807, 2.05) is 31.6 Å². The van der Waals surface area contributed by atoms with Crippen LogP contribution in [-0.2, 0) is 13.5 Å². The molecule has 0 fully saturated rings. The minimum atomic E-state index is 0.813. The average molecular weight is 201 g/mol. The van der Waals surface area contributed by atoms with E-state index in [-0.39, 0.29) is 0 Å². The molecule has 2 rings (SSSR count). The Morgan fingerprint density at radius 2 is 2.07 bits per heavy atom. The monoisotopic (exact) mass is 201 g/mol. The molecule has 0 aliphatic rings. The largest absolute Gasteiger partial charge is 0.399 e. The first-order valence-corrected chi connectivity index (χ1v) is 5.07. The average Bonchev–Trinajstić information content (AvgIpc) is 2.64. The third kappa shape index (κ3) is 2.01. The van der Waals surface area contributed by atoms with Gasteiger partial charge in [0.25, 0.3) is 0 Å². The zero-order chi connectivity index (χ0) is 10.8. The van der Waals surface area contributed by atoms with Gasteiger partial charge >= 0.3 is 0 Å².